The van der Waals surface area contributed by atoms with Crippen molar-refractivity contribution >= 4 is 39.7 Å². The van der Waals surface area contributed by atoms with Crippen LogP contribution in [0.4, 0.5) is 0 Å². The highest BCUT2D eigenvalue weighted by Crippen LogP contribution is 1.44. The van der Waals surface area contributed by atoms with Crippen molar-refractivity contribution in [2.75, 3.05) is 0 Å². The lowest BCUT2D eigenvalue weighted by atomic mass is 15.8. The number of hydrogen-bond acceptors (Lipinski definition) is 3. The van der Waals surface area contributed by atoms with Crippen molar-refractivity contribution in [1.29, 1.82) is 0 Å². The molecule has 0 bridgehead atoms. The number of hydrogen-bond donors (Lipinski definition) is 3. The van der Waals surface area contributed by atoms with Crippen LogP contribution in [0.25, 0.3) is 0 Å². The topological polar surface area (TPSA) is 149 Å². The fourth-order valence-corrected chi connectivity index (χ4v) is 0. The second kappa shape index (κ2) is 16.3. The van der Waals surface area contributed by atoms with E-state index in [-0.39, 0.29) is 22.5 Å². The van der Waals surface area contributed by atoms with Crippen LogP contribution in [0.1, 0.15) is 0 Å². The average Bonchev–Trinajstić information content (AvgIpc) is 1.25. The molecule has 0 aliphatic carbocycles. The molecule has 10 heteroatoms. The van der Waals surface area contributed by atoms with Gasteiger partial charge in [-0.3, -0.25) is 9.11 Å². The minimum absolute atomic E-state index is 0. The maximum atomic E-state index is 8.67. The lowest BCUT2D eigenvalue weighted by Crippen LogP contribution is -1.75. The predicted molar refractivity (Wildman–Crippen MR) is 38.9 cm³/mol. The third-order valence-corrected chi connectivity index (χ3v) is 0. The van der Waals surface area contributed by atoms with E-state index in [9.17, 15) is 0 Å². The van der Waals surface area contributed by atoms with Crippen molar-refractivity contribution in [3.8, 4) is 0 Å². The van der Waals surface area contributed by atoms with Crippen LogP contribution in [-0.4, -0.2) is 32.1 Å². The van der Waals surface area contributed by atoms with Crippen LogP contribution in [-0.2, 0) is 22.7 Å². The molecule has 0 heterocycles. The predicted octanol–water partition coefficient (Wildman–Crippen LogP) is -1.23. The van der Waals surface area contributed by atoms with Gasteiger partial charge in [0.1, 0.15) is 0 Å². The molecule has 0 amide bonds. The minimum atomic E-state index is -2.86. The average molecular weight is 262 g/mol. The first-order valence-electron chi connectivity index (χ1n) is 1.05. The van der Waals surface area contributed by atoms with Crippen LogP contribution in [0.3, 0.4) is 0 Å². The molecule has 0 saturated carbocycles. The zero-order valence-corrected chi connectivity index (χ0v) is 7.64. The third kappa shape index (κ3) is 1470. The Labute approximate surface area is 72.1 Å². The van der Waals surface area contributed by atoms with Crippen LogP contribution in [0.2, 0.25) is 0 Å². The first-order valence-corrected chi connectivity index (χ1v) is 3.14. The molecule has 7 nitrogen and oxygen atoms in total. The minimum Gasteiger partial charge on any atom is -0.750 e. The van der Waals surface area contributed by atoms with Gasteiger partial charge in [0.05, 0.1) is 11.4 Å². The number of rotatable bonds is 0. The summed E-state index contributed by atoms with van der Waals surface area (Å²) in [6.45, 7) is 0. The van der Waals surface area contributed by atoms with E-state index in [0.717, 1.165) is 0 Å². The van der Waals surface area contributed by atoms with Crippen LogP contribution >= 0.6 is 17.0 Å². The Morgan fingerprint density at radius 3 is 1.10 bits per heavy atom. The summed E-state index contributed by atoms with van der Waals surface area (Å²) in [6, 6.07) is 0. The van der Waals surface area contributed by atoms with Crippen LogP contribution in [0.15, 0.2) is 0 Å². The van der Waals surface area contributed by atoms with E-state index in [1.807, 2.05) is 0 Å². The van der Waals surface area contributed by atoms with Gasteiger partial charge in [-0.2, -0.15) is 4.21 Å². The van der Waals surface area contributed by atoms with E-state index in [0.29, 0.717) is 0 Å². The molecular weight excluding hydrogens is 256 g/mol. The summed E-state index contributed by atoms with van der Waals surface area (Å²) in [5, 5.41) is 0. The molecule has 0 fully saturated rings. The lowest BCUT2D eigenvalue weighted by molar-refractivity contribution is 0.435. The molecule has 0 saturated heterocycles. The van der Waals surface area contributed by atoms with Gasteiger partial charge in [0.2, 0.25) is 0 Å². The fourth-order valence-electron chi connectivity index (χ4n) is 0. The number of halogens is 1. The highest BCUT2D eigenvalue weighted by atomic mass is 79.9. The molecule has 1 atom stereocenters. The molecule has 0 radical (unpaired) electrons. The standard InChI is InChI=1S/BrH.2H2O3S.H2O/c;2*1-4(2)3;/h1H;2*(H2,1,2,3);1H2/p-1. The fraction of sp³-hybridized carbons (Fsp3) is 0. The van der Waals surface area contributed by atoms with Gasteiger partial charge in [-0.15, -0.1) is 17.0 Å². The Hall–Kier alpha value is 0.580. The molecular formula is H6BrO7S2-. The van der Waals surface area contributed by atoms with Crippen LogP contribution in [0, 0.1) is 0 Å². The SMILES string of the molecule is Br.O.O=S(O)O.O=S([O-])O. The molecule has 0 aliphatic rings. The summed E-state index contributed by atoms with van der Waals surface area (Å²) in [7, 11) is 0. The van der Waals surface area contributed by atoms with Gasteiger partial charge in [0, 0.05) is 0 Å². The van der Waals surface area contributed by atoms with Gasteiger partial charge in [-0.05, 0) is 0 Å². The normalized spacial score (nSPS) is 9.70. The maximum Gasteiger partial charge on any atom is 0.299 e. The summed E-state index contributed by atoms with van der Waals surface area (Å²) in [5.41, 5.74) is 0. The molecule has 5 N–H and O–H groups in total. The van der Waals surface area contributed by atoms with Crippen molar-refractivity contribution in [3.63, 3.8) is 0 Å². The Morgan fingerprint density at radius 1 is 1.10 bits per heavy atom. The second-order valence-corrected chi connectivity index (χ2v) is 1.34. The van der Waals surface area contributed by atoms with Crippen molar-refractivity contribution in [1.82, 2.24) is 0 Å². The summed E-state index contributed by atoms with van der Waals surface area (Å²) in [6.07, 6.45) is 0. The summed E-state index contributed by atoms with van der Waals surface area (Å²) in [5.74, 6) is 0. The van der Waals surface area contributed by atoms with Crippen molar-refractivity contribution < 1.29 is 32.1 Å². The Balaban J connectivity index is -0.0000000300. The quantitative estimate of drug-likeness (QED) is 0.465. The summed E-state index contributed by atoms with van der Waals surface area (Å²) in [4.78, 5) is 0. The lowest BCUT2D eigenvalue weighted by Gasteiger charge is -1.83. The summed E-state index contributed by atoms with van der Waals surface area (Å²) >= 11 is -5.47. The Morgan fingerprint density at radius 2 is 1.10 bits per heavy atom. The highest BCUT2D eigenvalue weighted by Gasteiger charge is 1.62. The molecule has 0 aromatic rings. The zero-order valence-electron chi connectivity index (χ0n) is 4.29. The van der Waals surface area contributed by atoms with E-state index in [4.69, 9.17) is 26.6 Å². The van der Waals surface area contributed by atoms with Gasteiger partial charge < -0.3 is 14.6 Å². The van der Waals surface area contributed by atoms with Crippen molar-refractivity contribution in [2.45, 2.75) is 0 Å². The van der Waals surface area contributed by atoms with Gasteiger partial charge in [0.15, 0.2) is 0 Å². The van der Waals surface area contributed by atoms with Gasteiger partial charge in [-0.25, -0.2) is 4.21 Å². The second-order valence-electron chi connectivity index (χ2n) is 0.448. The molecule has 0 rings (SSSR count). The Bertz CT molecular complexity index is 69.6. The first kappa shape index (κ1) is 22.4. The summed E-state index contributed by atoms with van der Waals surface area (Å²) < 4.78 is 46.9. The van der Waals surface area contributed by atoms with E-state index in [1.165, 1.54) is 0 Å². The van der Waals surface area contributed by atoms with Crippen LogP contribution in [0.5, 0.6) is 0 Å². The molecule has 0 aromatic heterocycles. The zero-order chi connectivity index (χ0) is 7.15. The van der Waals surface area contributed by atoms with Crippen molar-refractivity contribution in [3.05, 3.63) is 0 Å². The first-order chi connectivity index (χ1) is 3.46. The van der Waals surface area contributed by atoms with Gasteiger partial charge in [0.25, 0.3) is 11.4 Å². The molecule has 10 heavy (non-hydrogen) atoms. The third-order valence-electron chi connectivity index (χ3n) is 0. The molecule has 0 spiro atoms. The van der Waals surface area contributed by atoms with Gasteiger partial charge >= 0.3 is 0 Å². The Kier molecular flexibility index (Phi) is 36.5. The van der Waals surface area contributed by atoms with E-state index in [1.54, 1.807) is 0 Å². The monoisotopic (exact) mass is 261 g/mol. The maximum absolute atomic E-state index is 8.67. The van der Waals surface area contributed by atoms with Crippen molar-refractivity contribution in [2.24, 2.45) is 0 Å². The van der Waals surface area contributed by atoms with E-state index >= 15 is 0 Å². The van der Waals surface area contributed by atoms with Crippen LogP contribution < -0.4 is 0 Å². The molecule has 1 unspecified atom stereocenters. The van der Waals surface area contributed by atoms with Gasteiger partial charge in [-0.1, -0.05) is 0 Å². The smallest absolute Gasteiger partial charge is 0.299 e. The molecule has 68 valence electrons. The molecule has 0 aliphatic heterocycles. The largest absolute Gasteiger partial charge is 0.750 e. The van der Waals surface area contributed by atoms with E-state index in [2.05, 4.69) is 0 Å². The molecule has 0 aromatic carbocycles. The highest BCUT2D eigenvalue weighted by molar-refractivity contribution is 8.93. The van der Waals surface area contributed by atoms with E-state index < -0.39 is 22.7 Å².